The molecule has 2 nitrogen and oxygen atoms in total. The topological polar surface area (TPSA) is 21.3 Å². The first-order valence-corrected chi connectivity index (χ1v) is 8.49. The van der Waals surface area contributed by atoms with Crippen molar-refractivity contribution in [2.45, 2.75) is 24.8 Å². The van der Waals surface area contributed by atoms with Gasteiger partial charge in [0.1, 0.15) is 5.75 Å². The lowest BCUT2D eigenvalue weighted by atomic mass is 9.99. The summed E-state index contributed by atoms with van der Waals surface area (Å²) in [6, 6.07) is 17.7. The Hall–Kier alpha value is -1.45. The van der Waals surface area contributed by atoms with Gasteiger partial charge in [0.25, 0.3) is 0 Å². The van der Waals surface area contributed by atoms with Crippen LogP contribution >= 0.6 is 11.8 Å². The molecule has 0 fully saturated rings. The van der Waals surface area contributed by atoms with Gasteiger partial charge in [-0.05, 0) is 24.1 Å². The number of benzene rings is 2. The predicted molar refractivity (Wildman–Crippen MR) is 89.9 cm³/mol. The minimum Gasteiger partial charge on any atom is -0.496 e. The quantitative estimate of drug-likeness (QED) is 0.907. The normalized spacial score (nSPS) is 18.9. The Bertz CT molecular complexity index is 614. The Morgan fingerprint density at radius 3 is 2.76 bits per heavy atom. The van der Waals surface area contributed by atoms with Gasteiger partial charge in [-0.3, -0.25) is 0 Å². The number of thioether (sulfide) groups is 1. The molecular weight excluding hydrogens is 278 g/mol. The van der Waals surface area contributed by atoms with E-state index in [0.717, 1.165) is 17.3 Å². The van der Waals surface area contributed by atoms with Crippen LogP contribution in [0.5, 0.6) is 5.75 Å². The summed E-state index contributed by atoms with van der Waals surface area (Å²) in [5, 5.41) is 3.77. The Balaban J connectivity index is 1.81. The Kier molecular flexibility index (Phi) is 4.51. The minimum atomic E-state index is 0.262. The van der Waals surface area contributed by atoms with Crippen molar-refractivity contribution in [2.24, 2.45) is 0 Å². The largest absolute Gasteiger partial charge is 0.496 e. The van der Waals surface area contributed by atoms with Crippen LogP contribution in [0.15, 0.2) is 48.5 Å². The van der Waals surface area contributed by atoms with Crippen molar-refractivity contribution in [1.82, 2.24) is 5.32 Å². The molecule has 1 heterocycles. The maximum atomic E-state index is 5.48. The van der Waals surface area contributed by atoms with Gasteiger partial charge in [0.2, 0.25) is 0 Å². The van der Waals surface area contributed by atoms with E-state index in [4.69, 9.17) is 4.74 Å². The predicted octanol–water partition coefficient (Wildman–Crippen LogP) is 4.33. The molecule has 0 aromatic heterocycles. The lowest BCUT2D eigenvalue weighted by molar-refractivity contribution is 0.397. The van der Waals surface area contributed by atoms with Gasteiger partial charge < -0.3 is 10.1 Å². The van der Waals surface area contributed by atoms with E-state index in [2.05, 4.69) is 48.6 Å². The molecular formula is C18H21NOS. The summed E-state index contributed by atoms with van der Waals surface area (Å²) in [5.41, 5.74) is 4.12. The average molecular weight is 299 g/mol. The molecule has 110 valence electrons. The lowest BCUT2D eigenvalue weighted by Gasteiger charge is -2.29. The molecule has 3 rings (SSSR count). The zero-order chi connectivity index (χ0) is 14.7. The zero-order valence-corrected chi connectivity index (χ0v) is 13.3. The SMILES string of the molecule is COc1ccccc1C(C)NC1CSCc2ccccc21. The van der Waals surface area contributed by atoms with Crippen LogP contribution in [0.3, 0.4) is 0 Å². The van der Waals surface area contributed by atoms with Crippen LogP contribution in [0, 0.1) is 0 Å². The van der Waals surface area contributed by atoms with E-state index in [9.17, 15) is 0 Å². The fourth-order valence-electron chi connectivity index (χ4n) is 2.94. The Labute approximate surface area is 130 Å². The molecule has 3 heteroatoms. The maximum absolute atomic E-state index is 5.48. The number of methoxy groups -OCH3 is 1. The van der Waals surface area contributed by atoms with Gasteiger partial charge in [0.15, 0.2) is 0 Å². The van der Waals surface area contributed by atoms with Crippen molar-refractivity contribution in [3.63, 3.8) is 0 Å². The second-order valence-corrected chi connectivity index (χ2v) is 6.43. The highest BCUT2D eigenvalue weighted by atomic mass is 32.2. The second-order valence-electron chi connectivity index (χ2n) is 5.40. The van der Waals surface area contributed by atoms with Gasteiger partial charge in [-0.1, -0.05) is 42.5 Å². The molecule has 0 spiro atoms. The van der Waals surface area contributed by atoms with Crippen LogP contribution in [0.4, 0.5) is 0 Å². The van der Waals surface area contributed by atoms with Crippen LogP contribution < -0.4 is 10.1 Å². The Morgan fingerprint density at radius 2 is 1.90 bits per heavy atom. The molecule has 1 aliphatic rings. The summed E-state index contributed by atoms with van der Waals surface area (Å²) >= 11 is 2.00. The molecule has 0 aliphatic carbocycles. The van der Waals surface area contributed by atoms with Crippen molar-refractivity contribution in [3.8, 4) is 5.75 Å². The third kappa shape index (κ3) is 3.09. The highest BCUT2D eigenvalue weighted by molar-refractivity contribution is 7.98. The van der Waals surface area contributed by atoms with E-state index in [1.165, 1.54) is 16.7 Å². The number of nitrogens with one attached hydrogen (secondary N) is 1. The molecule has 0 amide bonds. The van der Waals surface area contributed by atoms with Crippen molar-refractivity contribution in [3.05, 3.63) is 65.2 Å². The number of hydrogen-bond donors (Lipinski definition) is 1. The molecule has 0 bridgehead atoms. The summed E-state index contributed by atoms with van der Waals surface area (Å²) in [6.07, 6.45) is 0. The van der Waals surface area contributed by atoms with Gasteiger partial charge in [-0.25, -0.2) is 0 Å². The van der Waals surface area contributed by atoms with Gasteiger partial charge in [0, 0.05) is 29.2 Å². The number of rotatable bonds is 4. The van der Waals surface area contributed by atoms with Crippen LogP contribution in [0.1, 0.15) is 35.7 Å². The molecule has 2 atom stereocenters. The van der Waals surface area contributed by atoms with Gasteiger partial charge in [-0.2, -0.15) is 11.8 Å². The molecule has 2 unspecified atom stereocenters. The first kappa shape index (κ1) is 14.5. The summed E-state index contributed by atoms with van der Waals surface area (Å²) in [4.78, 5) is 0. The van der Waals surface area contributed by atoms with Crippen LogP contribution in [0.25, 0.3) is 0 Å². The minimum absolute atomic E-state index is 0.262. The molecule has 2 aromatic rings. The highest BCUT2D eigenvalue weighted by Crippen LogP contribution is 2.34. The first-order valence-electron chi connectivity index (χ1n) is 7.34. The van der Waals surface area contributed by atoms with E-state index in [1.807, 2.05) is 23.9 Å². The van der Waals surface area contributed by atoms with E-state index >= 15 is 0 Å². The highest BCUT2D eigenvalue weighted by Gasteiger charge is 2.22. The van der Waals surface area contributed by atoms with E-state index in [0.29, 0.717) is 6.04 Å². The second kappa shape index (κ2) is 6.54. The molecule has 21 heavy (non-hydrogen) atoms. The van der Waals surface area contributed by atoms with Gasteiger partial charge in [-0.15, -0.1) is 0 Å². The molecule has 1 N–H and O–H groups in total. The zero-order valence-electron chi connectivity index (χ0n) is 12.5. The smallest absolute Gasteiger partial charge is 0.123 e. The summed E-state index contributed by atoms with van der Waals surface area (Å²) in [5.74, 6) is 3.20. The summed E-state index contributed by atoms with van der Waals surface area (Å²) in [6.45, 7) is 2.21. The van der Waals surface area contributed by atoms with E-state index in [1.54, 1.807) is 7.11 Å². The number of hydrogen-bond acceptors (Lipinski definition) is 3. The third-order valence-corrected chi connectivity index (χ3v) is 5.11. The molecule has 0 radical (unpaired) electrons. The fraction of sp³-hybridized carbons (Fsp3) is 0.333. The summed E-state index contributed by atoms with van der Waals surface area (Å²) in [7, 11) is 1.73. The molecule has 0 saturated heterocycles. The van der Waals surface area contributed by atoms with Gasteiger partial charge >= 0.3 is 0 Å². The monoisotopic (exact) mass is 299 g/mol. The molecule has 0 saturated carbocycles. The standard InChI is InChI=1S/C18H21NOS/c1-13(15-8-5-6-10-18(15)20-2)19-17-12-21-11-14-7-3-4-9-16(14)17/h3-10,13,17,19H,11-12H2,1-2H3. The van der Waals surface area contributed by atoms with Crippen molar-refractivity contribution in [1.29, 1.82) is 0 Å². The van der Waals surface area contributed by atoms with E-state index in [-0.39, 0.29) is 6.04 Å². The van der Waals surface area contributed by atoms with Gasteiger partial charge in [0.05, 0.1) is 7.11 Å². The average Bonchev–Trinajstić information content (AvgIpc) is 2.55. The maximum Gasteiger partial charge on any atom is 0.123 e. The van der Waals surface area contributed by atoms with E-state index < -0.39 is 0 Å². The van der Waals surface area contributed by atoms with Crippen LogP contribution in [-0.4, -0.2) is 12.9 Å². The first-order chi connectivity index (χ1) is 10.3. The van der Waals surface area contributed by atoms with Crippen molar-refractivity contribution < 1.29 is 4.74 Å². The molecule has 1 aliphatic heterocycles. The van der Waals surface area contributed by atoms with Crippen molar-refractivity contribution >= 4 is 11.8 Å². The lowest BCUT2D eigenvalue weighted by Crippen LogP contribution is -2.29. The van der Waals surface area contributed by atoms with Crippen LogP contribution in [-0.2, 0) is 5.75 Å². The third-order valence-electron chi connectivity index (χ3n) is 4.03. The Morgan fingerprint density at radius 1 is 1.14 bits per heavy atom. The van der Waals surface area contributed by atoms with Crippen molar-refractivity contribution in [2.75, 3.05) is 12.9 Å². The number of ether oxygens (including phenoxy) is 1. The number of para-hydroxylation sites is 1. The van der Waals surface area contributed by atoms with Crippen LogP contribution in [0.2, 0.25) is 0 Å². The molecule has 2 aromatic carbocycles. The fourth-order valence-corrected chi connectivity index (χ4v) is 4.05. The number of fused-ring (bicyclic) bond motifs is 1. The summed E-state index contributed by atoms with van der Waals surface area (Å²) < 4.78 is 5.48.